The molecule has 0 bridgehead atoms. The fraction of sp³-hybridized carbons (Fsp3) is 0.640. The van der Waals surface area contributed by atoms with E-state index in [2.05, 4.69) is 25.3 Å². The van der Waals surface area contributed by atoms with Crippen molar-refractivity contribution >= 4 is 34.7 Å². The van der Waals surface area contributed by atoms with Crippen molar-refractivity contribution in [2.45, 2.75) is 78.3 Å². The van der Waals surface area contributed by atoms with Crippen LogP contribution in [0.4, 0.5) is 5.82 Å². The maximum atomic E-state index is 12.8. The molecule has 0 saturated carbocycles. The monoisotopic (exact) mass is 505 g/mol. The lowest BCUT2D eigenvalue weighted by Crippen LogP contribution is -2.38. The van der Waals surface area contributed by atoms with Crippen molar-refractivity contribution in [3.05, 3.63) is 22.7 Å². The van der Waals surface area contributed by atoms with Crippen LogP contribution in [-0.2, 0) is 30.4 Å². The van der Waals surface area contributed by atoms with Gasteiger partial charge in [0, 0.05) is 18.4 Å². The summed E-state index contributed by atoms with van der Waals surface area (Å²) < 4.78 is 11.0. The molecule has 1 atom stereocenters. The van der Waals surface area contributed by atoms with Gasteiger partial charge in [-0.3, -0.25) is 23.7 Å². The number of ether oxygens (including phenoxy) is 2. The lowest BCUT2D eigenvalue weighted by Gasteiger charge is -2.16. The maximum Gasteiger partial charge on any atom is 0.322 e. The number of esters is 2. The Balaban J connectivity index is 1.73. The van der Waals surface area contributed by atoms with Gasteiger partial charge in [-0.2, -0.15) is 0 Å². The quantitative estimate of drug-likeness (QED) is 0.263. The van der Waals surface area contributed by atoms with E-state index in [0.29, 0.717) is 36.4 Å². The number of carbonyl (C=O) groups excluding carboxylic acids is 3. The number of fused-ring (bicyclic) bond motifs is 1. The van der Waals surface area contributed by atoms with Gasteiger partial charge >= 0.3 is 11.9 Å². The molecule has 0 aliphatic carbocycles. The average molecular weight is 506 g/mol. The van der Waals surface area contributed by atoms with Crippen LogP contribution >= 0.6 is 0 Å². The van der Waals surface area contributed by atoms with Crippen LogP contribution in [0.1, 0.15) is 65.7 Å². The highest BCUT2D eigenvalue weighted by Gasteiger charge is 2.22. The minimum absolute atomic E-state index is 0.141. The third-order valence-electron chi connectivity index (χ3n) is 5.86. The number of rotatable bonds is 14. The summed E-state index contributed by atoms with van der Waals surface area (Å²) in [4.78, 5) is 55.5. The van der Waals surface area contributed by atoms with E-state index in [4.69, 9.17) is 4.74 Å². The molecule has 0 radical (unpaired) electrons. The van der Waals surface area contributed by atoms with Crippen molar-refractivity contribution in [1.82, 2.24) is 19.9 Å². The molecule has 11 nitrogen and oxygen atoms in total. The molecule has 200 valence electrons. The SMILES string of the molecule is COC(=O)CC[C@H](NCCCCCCCn1cnc2[nH]c(NC(=O)C(C)(C)C)cc2c1=O)C(=O)OC. The summed E-state index contributed by atoms with van der Waals surface area (Å²) >= 11 is 0. The number of amides is 1. The molecule has 2 rings (SSSR count). The van der Waals surface area contributed by atoms with E-state index in [9.17, 15) is 19.2 Å². The molecule has 11 heteroatoms. The highest BCUT2D eigenvalue weighted by Crippen LogP contribution is 2.19. The Kier molecular flexibility index (Phi) is 11.1. The number of hydrogen-bond donors (Lipinski definition) is 3. The first-order valence-corrected chi connectivity index (χ1v) is 12.3. The summed E-state index contributed by atoms with van der Waals surface area (Å²) in [6.07, 6.45) is 6.64. The predicted molar refractivity (Wildman–Crippen MR) is 137 cm³/mol. The lowest BCUT2D eigenvalue weighted by atomic mass is 9.96. The van der Waals surface area contributed by atoms with E-state index in [-0.39, 0.29) is 29.8 Å². The van der Waals surface area contributed by atoms with Crippen LogP contribution in [0.3, 0.4) is 0 Å². The molecular formula is C25H39N5O6. The summed E-state index contributed by atoms with van der Waals surface area (Å²) in [7, 11) is 2.65. The predicted octanol–water partition coefficient (Wildman–Crippen LogP) is 2.74. The molecule has 0 aliphatic rings. The van der Waals surface area contributed by atoms with Gasteiger partial charge in [-0.05, 0) is 31.9 Å². The minimum atomic E-state index is -0.547. The molecule has 1 amide bonds. The Labute approximate surface area is 211 Å². The lowest BCUT2D eigenvalue weighted by molar-refractivity contribution is -0.144. The van der Waals surface area contributed by atoms with Crippen molar-refractivity contribution in [2.75, 3.05) is 26.1 Å². The van der Waals surface area contributed by atoms with Crippen LogP contribution in [0.5, 0.6) is 0 Å². The summed E-state index contributed by atoms with van der Waals surface area (Å²) in [5, 5.41) is 6.38. The Morgan fingerprint density at radius 3 is 2.44 bits per heavy atom. The number of methoxy groups -OCH3 is 2. The molecule has 0 aliphatic heterocycles. The Morgan fingerprint density at radius 2 is 1.78 bits per heavy atom. The normalized spacial score (nSPS) is 12.4. The summed E-state index contributed by atoms with van der Waals surface area (Å²) in [6, 6.07) is 1.10. The molecule has 0 saturated heterocycles. The number of unbranched alkanes of at least 4 members (excludes halogenated alkanes) is 4. The van der Waals surface area contributed by atoms with Gasteiger partial charge in [0.05, 0.1) is 25.9 Å². The van der Waals surface area contributed by atoms with Gasteiger partial charge < -0.3 is 25.1 Å². The summed E-state index contributed by atoms with van der Waals surface area (Å²) in [5.41, 5.74) is -0.239. The van der Waals surface area contributed by atoms with E-state index in [1.807, 2.05) is 20.8 Å². The number of H-pyrrole nitrogens is 1. The molecular weight excluding hydrogens is 466 g/mol. The number of nitrogens with zero attached hydrogens (tertiary/aromatic N) is 2. The van der Waals surface area contributed by atoms with Crippen molar-refractivity contribution in [2.24, 2.45) is 5.41 Å². The highest BCUT2D eigenvalue weighted by molar-refractivity contribution is 5.96. The zero-order chi connectivity index (χ0) is 26.7. The van der Waals surface area contributed by atoms with E-state index >= 15 is 0 Å². The van der Waals surface area contributed by atoms with Gasteiger partial charge in [-0.25, -0.2) is 4.98 Å². The number of hydrogen-bond acceptors (Lipinski definition) is 8. The smallest absolute Gasteiger partial charge is 0.322 e. The second-order valence-corrected chi connectivity index (χ2v) is 9.80. The molecule has 3 N–H and O–H groups in total. The van der Waals surface area contributed by atoms with Crippen molar-refractivity contribution in [1.29, 1.82) is 0 Å². The number of carbonyl (C=O) groups is 3. The van der Waals surface area contributed by atoms with E-state index < -0.39 is 11.5 Å². The number of aryl methyl sites for hydroxylation is 1. The molecule has 2 heterocycles. The van der Waals surface area contributed by atoms with Crippen molar-refractivity contribution < 1.29 is 23.9 Å². The third kappa shape index (κ3) is 8.78. The van der Waals surface area contributed by atoms with Crippen LogP contribution in [0.2, 0.25) is 0 Å². The van der Waals surface area contributed by atoms with Crippen LogP contribution < -0.4 is 16.2 Å². The average Bonchev–Trinajstić information content (AvgIpc) is 3.25. The zero-order valence-electron chi connectivity index (χ0n) is 21.9. The molecule has 0 fully saturated rings. The molecule has 2 aromatic rings. The Morgan fingerprint density at radius 1 is 1.08 bits per heavy atom. The van der Waals surface area contributed by atoms with Gasteiger partial charge in [0.25, 0.3) is 5.56 Å². The zero-order valence-corrected chi connectivity index (χ0v) is 21.9. The van der Waals surface area contributed by atoms with Gasteiger partial charge in [0.2, 0.25) is 5.91 Å². The van der Waals surface area contributed by atoms with Crippen molar-refractivity contribution in [3.8, 4) is 0 Å². The summed E-state index contributed by atoms with van der Waals surface area (Å²) in [6.45, 7) is 6.66. The number of aromatic nitrogens is 3. The van der Waals surface area contributed by atoms with Crippen LogP contribution in [0.25, 0.3) is 11.0 Å². The maximum absolute atomic E-state index is 12.8. The first kappa shape index (κ1) is 29.0. The van der Waals surface area contributed by atoms with Crippen LogP contribution in [0.15, 0.2) is 17.2 Å². The topological polar surface area (TPSA) is 144 Å². The van der Waals surface area contributed by atoms with E-state index in [1.165, 1.54) is 20.5 Å². The number of aromatic amines is 1. The van der Waals surface area contributed by atoms with Gasteiger partial charge in [0.15, 0.2) is 0 Å². The first-order chi connectivity index (χ1) is 17.1. The molecule has 0 aromatic carbocycles. The van der Waals surface area contributed by atoms with Crippen LogP contribution in [-0.4, -0.2) is 59.2 Å². The molecule has 0 spiro atoms. The summed E-state index contributed by atoms with van der Waals surface area (Å²) in [5.74, 6) is -0.434. The number of anilines is 1. The van der Waals surface area contributed by atoms with Crippen molar-refractivity contribution in [3.63, 3.8) is 0 Å². The molecule has 2 aromatic heterocycles. The second kappa shape index (κ2) is 13.8. The number of nitrogens with one attached hydrogen (secondary N) is 3. The van der Waals surface area contributed by atoms with Gasteiger partial charge in [-0.1, -0.05) is 40.0 Å². The Hall–Kier alpha value is -3.21. The van der Waals surface area contributed by atoms with Crippen LogP contribution in [0, 0.1) is 5.41 Å². The third-order valence-corrected chi connectivity index (χ3v) is 5.86. The minimum Gasteiger partial charge on any atom is -0.469 e. The standard InChI is InChI=1S/C25H39N5O6/c1-25(2,3)24(34)29-19-15-17-21(28-19)27-16-30(22(17)32)14-10-8-6-7-9-13-26-18(23(33)36-5)11-12-20(31)35-4/h15-16,18,26,28H,6-14H2,1-5H3,(H,29,34)/t18-/m0/s1. The van der Waals surface area contributed by atoms with E-state index in [0.717, 1.165) is 32.1 Å². The molecule has 0 unspecified atom stereocenters. The first-order valence-electron chi connectivity index (χ1n) is 12.3. The van der Waals surface area contributed by atoms with Gasteiger partial charge in [0.1, 0.15) is 17.5 Å². The fourth-order valence-electron chi connectivity index (χ4n) is 3.60. The molecule has 36 heavy (non-hydrogen) atoms. The fourth-order valence-corrected chi connectivity index (χ4v) is 3.60. The van der Waals surface area contributed by atoms with E-state index in [1.54, 1.807) is 10.6 Å². The Bertz CT molecular complexity index is 1080. The highest BCUT2D eigenvalue weighted by atomic mass is 16.5. The van der Waals surface area contributed by atoms with Gasteiger partial charge in [-0.15, -0.1) is 0 Å². The second-order valence-electron chi connectivity index (χ2n) is 9.80. The largest absolute Gasteiger partial charge is 0.469 e.